The Hall–Kier alpha value is -1.68. The number of nitrogens with one attached hydrogen (secondary N) is 1. The lowest BCUT2D eigenvalue weighted by molar-refractivity contribution is 0.414. The molecule has 2 unspecified atom stereocenters. The Morgan fingerprint density at radius 1 is 1.45 bits per heavy atom. The quantitative estimate of drug-likeness (QED) is 0.932. The van der Waals surface area contributed by atoms with Gasteiger partial charge in [0.25, 0.3) is 0 Å². The second kappa shape index (κ2) is 5.37. The Balaban J connectivity index is 2.01. The van der Waals surface area contributed by atoms with E-state index in [-0.39, 0.29) is 6.04 Å². The van der Waals surface area contributed by atoms with Gasteiger partial charge in [-0.05, 0) is 44.9 Å². The third-order valence-corrected chi connectivity index (χ3v) is 4.56. The van der Waals surface area contributed by atoms with E-state index in [0.29, 0.717) is 5.92 Å². The predicted molar refractivity (Wildman–Crippen MR) is 79.7 cm³/mol. The summed E-state index contributed by atoms with van der Waals surface area (Å²) in [5.41, 5.74) is 5.19. The molecule has 1 N–H and O–H groups in total. The van der Waals surface area contributed by atoms with Crippen molar-refractivity contribution in [2.45, 2.75) is 38.1 Å². The molecule has 0 radical (unpaired) electrons. The SMILES string of the molecule is CNC(c1cnn(C)c1C)C1CCCc2cccnc21. The molecular formula is C16H22N4. The van der Waals surface area contributed by atoms with Gasteiger partial charge in [-0.1, -0.05) is 6.07 Å². The van der Waals surface area contributed by atoms with Crippen molar-refractivity contribution >= 4 is 0 Å². The summed E-state index contributed by atoms with van der Waals surface area (Å²) in [6, 6.07) is 4.56. The molecule has 2 heterocycles. The molecule has 1 aliphatic rings. The first kappa shape index (κ1) is 13.3. The van der Waals surface area contributed by atoms with Gasteiger partial charge in [-0.25, -0.2) is 0 Å². The summed E-state index contributed by atoms with van der Waals surface area (Å²) in [5, 5.41) is 7.88. The van der Waals surface area contributed by atoms with Crippen LogP contribution >= 0.6 is 0 Å². The molecule has 20 heavy (non-hydrogen) atoms. The number of rotatable bonds is 3. The monoisotopic (exact) mass is 270 g/mol. The summed E-state index contributed by atoms with van der Waals surface area (Å²) in [4.78, 5) is 4.66. The normalized spacial score (nSPS) is 19.6. The molecule has 0 aliphatic heterocycles. The van der Waals surface area contributed by atoms with Gasteiger partial charge in [-0.3, -0.25) is 9.67 Å². The van der Waals surface area contributed by atoms with Crippen molar-refractivity contribution in [3.63, 3.8) is 0 Å². The van der Waals surface area contributed by atoms with Crippen LogP contribution in [0.25, 0.3) is 0 Å². The largest absolute Gasteiger partial charge is 0.312 e. The van der Waals surface area contributed by atoms with E-state index in [4.69, 9.17) is 0 Å². The van der Waals surface area contributed by atoms with Gasteiger partial charge in [0.05, 0.1) is 6.20 Å². The van der Waals surface area contributed by atoms with Gasteiger partial charge in [0, 0.05) is 42.2 Å². The molecule has 2 aromatic rings. The third-order valence-electron chi connectivity index (χ3n) is 4.56. The molecule has 0 spiro atoms. The zero-order valence-electron chi connectivity index (χ0n) is 12.4. The van der Waals surface area contributed by atoms with Crippen LogP contribution in [0.4, 0.5) is 0 Å². The summed E-state index contributed by atoms with van der Waals surface area (Å²) in [7, 11) is 4.03. The highest BCUT2D eigenvalue weighted by atomic mass is 15.3. The lowest BCUT2D eigenvalue weighted by Gasteiger charge is -2.31. The lowest BCUT2D eigenvalue weighted by atomic mass is 9.79. The van der Waals surface area contributed by atoms with Gasteiger partial charge in [-0.15, -0.1) is 0 Å². The van der Waals surface area contributed by atoms with E-state index >= 15 is 0 Å². The number of likely N-dealkylation sites (N-methyl/N-ethyl adjacent to an activating group) is 1. The first-order chi connectivity index (χ1) is 9.72. The van der Waals surface area contributed by atoms with Crippen LogP contribution in [0.1, 0.15) is 47.3 Å². The Morgan fingerprint density at radius 2 is 2.30 bits per heavy atom. The van der Waals surface area contributed by atoms with E-state index in [2.05, 4.69) is 28.4 Å². The number of nitrogens with zero attached hydrogens (tertiary/aromatic N) is 3. The number of pyridine rings is 1. The second-order valence-corrected chi connectivity index (χ2v) is 5.62. The molecule has 3 rings (SSSR count). The molecular weight excluding hydrogens is 248 g/mol. The predicted octanol–water partition coefficient (Wildman–Crippen LogP) is 2.50. The van der Waals surface area contributed by atoms with Gasteiger partial charge in [0.15, 0.2) is 0 Å². The smallest absolute Gasteiger partial charge is 0.0540 e. The summed E-state index contributed by atoms with van der Waals surface area (Å²) in [6.45, 7) is 2.13. The standard InChI is InChI=1S/C16H22N4/c1-11-14(10-19-20(11)3)16(17-2)13-8-4-6-12-7-5-9-18-15(12)13/h5,7,9-10,13,16-17H,4,6,8H2,1-3H3. The fourth-order valence-corrected chi connectivity index (χ4v) is 3.36. The highest BCUT2D eigenvalue weighted by Gasteiger charge is 2.30. The highest BCUT2D eigenvalue weighted by Crippen LogP contribution is 2.39. The Morgan fingerprint density at radius 3 is 3.00 bits per heavy atom. The van der Waals surface area contributed by atoms with E-state index in [1.807, 2.05) is 37.2 Å². The average molecular weight is 270 g/mol. The molecule has 0 fully saturated rings. The molecule has 2 aromatic heterocycles. The van der Waals surface area contributed by atoms with Crippen molar-refractivity contribution in [1.82, 2.24) is 20.1 Å². The van der Waals surface area contributed by atoms with Crippen LogP contribution in [0.2, 0.25) is 0 Å². The van der Waals surface area contributed by atoms with E-state index < -0.39 is 0 Å². The number of fused-ring (bicyclic) bond motifs is 1. The summed E-state index contributed by atoms with van der Waals surface area (Å²) < 4.78 is 1.95. The molecule has 0 amide bonds. The van der Waals surface area contributed by atoms with Crippen LogP contribution in [0, 0.1) is 6.92 Å². The highest BCUT2D eigenvalue weighted by molar-refractivity contribution is 5.32. The topological polar surface area (TPSA) is 42.7 Å². The third kappa shape index (κ3) is 2.14. The zero-order chi connectivity index (χ0) is 14.1. The molecule has 4 heteroatoms. The van der Waals surface area contributed by atoms with Crippen LogP contribution in [-0.4, -0.2) is 21.8 Å². The fourth-order valence-electron chi connectivity index (χ4n) is 3.36. The number of aryl methyl sites for hydroxylation is 2. The van der Waals surface area contributed by atoms with E-state index in [9.17, 15) is 0 Å². The number of hydrogen-bond acceptors (Lipinski definition) is 3. The Bertz CT molecular complexity index is 602. The van der Waals surface area contributed by atoms with Gasteiger partial charge < -0.3 is 5.32 Å². The number of hydrogen-bond donors (Lipinski definition) is 1. The van der Waals surface area contributed by atoms with Crippen molar-refractivity contribution in [2.75, 3.05) is 7.05 Å². The van der Waals surface area contributed by atoms with Gasteiger partial charge in [0.1, 0.15) is 0 Å². The van der Waals surface area contributed by atoms with Crippen LogP contribution in [0.5, 0.6) is 0 Å². The van der Waals surface area contributed by atoms with Crippen molar-refractivity contribution in [1.29, 1.82) is 0 Å². The average Bonchev–Trinajstić information content (AvgIpc) is 2.81. The molecule has 106 valence electrons. The van der Waals surface area contributed by atoms with Crippen molar-refractivity contribution in [3.05, 3.63) is 47.0 Å². The van der Waals surface area contributed by atoms with Crippen LogP contribution in [0.15, 0.2) is 24.5 Å². The Kier molecular flexibility index (Phi) is 3.57. The fraction of sp³-hybridized carbons (Fsp3) is 0.500. The van der Waals surface area contributed by atoms with Crippen molar-refractivity contribution in [2.24, 2.45) is 7.05 Å². The maximum atomic E-state index is 4.66. The van der Waals surface area contributed by atoms with Gasteiger partial charge in [-0.2, -0.15) is 5.10 Å². The maximum absolute atomic E-state index is 4.66. The number of aromatic nitrogens is 3. The lowest BCUT2D eigenvalue weighted by Crippen LogP contribution is -2.27. The van der Waals surface area contributed by atoms with E-state index in [1.54, 1.807) is 0 Å². The van der Waals surface area contributed by atoms with Crippen LogP contribution in [0.3, 0.4) is 0 Å². The van der Waals surface area contributed by atoms with Crippen molar-refractivity contribution < 1.29 is 0 Å². The van der Waals surface area contributed by atoms with E-state index in [1.165, 1.54) is 35.4 Å². The van der Waals surface area contributed by atoms with Gasteiger partial charge in [0.2, 0.25) is 0 Å². The molecule has 0 saturated heterocycles. The molecule has 4 nitrogen and oxygen atoms in total. The molecule has 0 aromatic carbocycles. The first-order valence-corrected chi connectivity index (χ1v) is 7.32. The molecule has 1 aliphatic carbocycles. The minimum atomic E-state index is 0.289. The summed E-state index contributed by atoms with van der Waals surface area (Å²) in [6.07, 6.45) is 7.49. The second-order valence-electron chi connectivity index (χ2n) is 5.62. The maximum Gasteiger partial charge on any atom is 0.0540 e. The summed E-state index contributed by atoms with van der Waals surface area (Å²) in [5.74, 6) is 0.438. The molecule has 0 saturated carbocycles. The van der Waals surface area contributed by atoms with E-state index in [0.717, 1.165) is 6.42 Å². The van der Waals surface area contributed by atoms with Crippen LogP contribution < -0.4 is 5.32 Å². The summed E-state index contributed by atoms with van der Waals surface area (Å²) >= 11 is 0. The Labute approximate surface area is 120 Å². The van der Waals surface area contributed by atoms with Gasteiger partial charge >= 0.3 is 0 Å². The minimum Gasteiger partial charge on any atom is -0.312 e. The first-order valence-electron chi connectivity index (χ1n) is 7.32. The molecule has 0 bridgehead atoms. The van der Waals surface area contributed by atoms with Crippen LogP contribution in [-0.2, 0) is 13.5 Å². The molecule has 2 atom stereocenters. The van der Waals surface area contributed by atoms with Crippen molar-refractivity contribution in [3.8, 4) is 0 Å². The zero-order valence-corrected chi connectivity index (χ0v) is 12.4. The minimum absolute atomic E-state index is 0.289.